The van der Waals surface area contributed by atoms with Gasteiger partial charge in [0.2, 0.25) is 5.56 Å². The topological polar surface area (TPSA) is 48.0 Å². The summed E-state index contributed by atoms with van der Waals surface area (Å²) in [5.41, 5.74) is 1.05. The molecule has 2 atom stereocenters. The standard InChI is InChI=1S/C19H28ClNO4/c1-3-4-5-6-7-15-8-10-16(11-9-15)21(19(22)18(20)23-2)12-17-13-24-14-25-17/h8-11,17-18H,3-7,12-14H2,1-2H3. The second kappa shape index (κ2) is 10.8. The molecule has 0 bridgehead atoms. The summed E-state index contributed by atoms with van der Waals surface area (Å²) in [4.78, 5) is 14.2. The summed E-state index contributed by atoms with van der Waals surface area (Å²) in [5.74, 6) is -0.296. The first-order valence-electron chi connectivity index (χ1n) is 8.92. The number of hydrogen-bond acceptors (Lipinski definition) is 4. The Morgan fingerprint density at radius 3 is 2.68 bits per heavy atom. The van der Waals surface area contributed by atoms with Gasteiger partial charge in [-0.1, -0.05) is 49.9 Å². The van der Waals surface area contributed by atoms with Crippen molar-refractivity contribution >= 4 is 23.2 Å². The third kappa shape index (κ3) is 6.26. The van der Waals surface area contributed by atoms with Crippen LogP contribution in [0.3, 0.4) is 0 Å². The maximum Gasteiger partial charge on any atom is 0.271 e. The molecule has 1 aliphatic heterocycles. The highest BCUT2D eigenvalue weighted by Gasteiger charge is 2.28. The Balaban J connectivity index is 2.03. The van der Waals surface area contributed by atoms with Crippen LogP contribution in [-0.4, -0.2) is 44.6 Å². The van der Waals surface area contributed by atoms with Crippen LogP contribution >= 0.6 is 11.6 Å². The molecule has 2 rings (SSSR count). The number of hydrogen-bond donors (Lipinski definition) is 0. The molecular formula is C19H28ClNO4. The van der Waals surface area contributed by atoms with E-state index in [0.29, 0.717) is 13.2 Å². The lowest BCUT2D eigenvalue weighted by atomic mass is 10.1. The van der Waals surface area contributed by atoms with Gasteiger partial charge in [0.05, 0.1) is 13.2 Å². The summed E-state index contributed by atoms with van der Waals surface area (Å²) in [6.45, 7) is 3.34. The van der Waals surface area contributed by atoms with Gasteiger partial charge in [-0.3, -0.25) is 4.79 Å². The monoisotopic (exact) mass is 369 g/mol. The van der Waals surface area contributed by atoms with Crippen LogP contribution in [0.5, 0.6) is 0 Å². The molecule has 1 fully saturated rings. The summed E-state index contributed by atoms with van der Waals surface area (Å²) < 4.78 is 15.7. The van der Waals surface area contributed by atoms with Crippen molar-refractivity contribution in [2.24, 2.45) is 0 Å². The normalized spacial score (nSPS) is 18.3. The first kappa shape index (κ1) is 20.2. The van der Waals surface area contributed by atoms with Crippen LogP contribution in [0.2, 0.25) is 0 Å². The molecule has 1 amide bonds. The Kier molecular flexibility index (Phi) is 8.68. The van der Waals surface area contributed by atoms with E-state index < -0.39 is 5.56 Å². The SMILES string of the molecule is CCCCCCc1ccc(N(CC2COCO2)C(=O)C(Cl)OC)cc1. The van der Waals surface area contributed by atoms with E-state index in [1.54, 1.807) is 4.90 Å². The number of benzene rings is 1. The predicted molar refractivity (Wildman–Crippen MR) is 99.0 cm³/mol. The number of carbonyl (C=O) groups is 1. The van der Waals surface area contributed by atoms with Crippen LogP contribution in [0.4, 0.5) is 5.69 Å². The van der Waals surface area contributed by atoms with Crippen LogP contribution in [-0.2, 0) is 25.4 Å². The lowest BCUT2D eigenvalue weighted by Gasteiger charge is -2.26. The second-order valence-corrected chi connectivity index (χ2v) is 6.65. The van der Waals surface area contributed by atoms with Gasteiger partial charge in [-0.2, -0.15) is 0 Å². The van der Waals surface area contributed by atoms with Crippen molar-refractivity contribution in [3.05, 3.63) is 29.8 Å². The number of aryl methyl sites for hydroxylation is 1. The molecule has 5 nitrogen and oxygen atoms in total. The minimum absolute atomic E-state index is 0.154. The van der Waals surface area contributed by atoms with Gasteiger partial charge in [-0.25, -0.2) is 0 Å². The number of ether oxygens (including phenoxy) is 3. The van der Waals surface area contributed by atoms with Gasteiger partial charge in [-0.15, -0.1) is 0 Å². The number of carbonyl (C=O) groups excluding carboxylic acids is 1. The van der Waals surface area contributed by atoms with Gasteiger partial charge in [0.25, 0.3) is 5.91 Å². The molecule has 0 aliphatic carbocycles. The minimum Gasteiger partial charge on any atom is -0.357 e. The van der Waals surface area contributed by atoms with Crippen molar-refractivity contribution in [3.63, 3.8) is 0 Å². The predicted octanol–water partition coefficient (Wildman–Crippen LogP) is 3.73. The molecule has 140 valence electrons. The molecule has 1 heterocycles. The van der Waals surface area contributed by atoms with Gasteiger partial charge in [0.1, 0.15) is 12.9 Å². The molecule has 6 heteroatoms. The fourth-order valence-corrected chi connectivity index (χ4v) is 2.94. The molecule has 2 unspecified atom stereocenters. The maximum atomic E-state index is 12.6. The lowest BCUT2D eigenvalue weighted by Crippen LogP contribution is -2.43. The van der Waals surface area contributed by atoms with E-state index in [-0.39, 0.29) is 18.8 Å². The molecule has 0 radical (unpaired) electrons. The summed E-state index contributed by atoms with van der Waals surface area (Å²) in [6, 6.07) is 8.07. The first-order valence-corrected chi connectivity index (χ1v) is 9.36. The van der Waals surface area contributed by atoms with E-state index in [1.807, 2.05) is 12.1 Å². The van der Waals surface area contributed by atoms with Crippen LogP contribution in [0.15, 0.2) is 24.3 Å². The number of halogens is 1. The smallest absolute Gasteiger partial charge is 0.271 e. The third-order valence-corrected chi connectivity index (χ3v) is 4.68. The van der Waals surface area contributed by atoms with Crippen molar-refractivity contribution in [1.82, 2.24) is 0 Å². The molecule has 1 aromatic carbocycles. The molecule has 0 aromatic heterocycles. The highest BCUT2D eigenvalue weighted by atomic mass is 35.5. The molecule has 1 aliphatic rings. The molecule has 25 heavy (non-hydrogen) atoms. The summed E-state index contributed by atoms with van der Waals surface area (Å²) in [5, 5.41) is 0. The number of unbranched alkanes of at least 4 members (excludes halogenated alkanes) is 3. The highest BCUT2D eigenvalue weighted by molar-refractivity contribution is 6.31. The lowest BCUT2D eigenvalue weighted by molar-refractivity contribution is -0.124. The van der Waals surface area contributed by atoms with E-state index in [0.717, 1.165) is 12.1 Å². The number of methoxy groups -OCH3 is 1. The van der Waals surface area contributed by atoms with E-state index in [2.05, 4.69) is 19.1 Å². The van der Waals surface area contributed by atoms with Crippen LogP contribution in [0, 0.1) is 0 Å². The molecular weight excluding hydrogens is 342 g/mol. The van der Waals surface area contributed by atoms with Gasteiger partial charge in [0, 0.05) is 12.8 Å². The number of rotatable bonds is 10. The number of alkyl halides is 1. The van der Waals surface area contributed by atoms with Crippen LogP contribution in [0.1, 0.15) is 38.2 Å². The summed E-state index contributed by atoms with van der Waals surface area (Å²) >= 11 is 5.99. The van der Waals surface area contributed by atoms with Crippen molar-refractivity contribution < 1.29 is 19.0 Å². The zero-order valence-electron chi connectivity index (χ0n) is 15.1. The Morgan fingerprint density at radius 1 is 1.32 bits per heavy atom. The molecule has 1 aromatic rings. The Bertz CT molecular complexity index is 517. The number of anilines is 1. The quantitative estimate of drug-likeness (QED) is 0.465. The number of amides is 1. The Morgan fingerprint density at radius 2 is 2.08 bits per heavy atom. The van der Waals surface area contributed by atoms with Gasteiger partial charge in [-0.05, 0) is 30.5 Å². The Labute approximate surface area is 155 Å². The van der Waals surface area contributed by atoms with Gasteiger partial charge < -0.3 is 19.1 Å². The van der Waals surface area contributed by atoms with Crippen molar-refractivity contribution in [2.75, 3.05) is 32.0 Å². The zero-order chi connectivity index (χ0) is 18.1. The number of nitrogens with zero attached hydrogens (tertiary/aromatic N) is 1. The largest absolute Gasteiger partial charge is 0.357 e. The van der Waals surface area contributed by atoms with Crippen LogP contribution < -0.4 is 4.90 Å². The second-order valence-electron chi connectivity index (χ2n) is 6.26. The molecule has 0 spiro atoms. The minimum atomic E-state index is -1.02. The van der Waals surface area contributed by atoms with Crippen LogP contribution in [0.25, 0.3) is 0 Å². The van der Waals surface area contributed by atoms with E-state index in [1.165, 1.54) is 38.4 Å². The average Bonchev–Trinajstić information content (AvgIpc) is 3.16. The fourth-order valence-electron chi connectivity index (χ4n) is 2.83. The Hall–Kier alpha value is -1.14. The third-order valence-electron chi connectivity index (χ3n) is 4.31. The van der Waals surface area contributed by atoms with Gasteiger partial charge >= 0.3 is 0 Å². The molecule has 0 saturated carbocycles. The summed E-state index contributed by atoms with van der Waals surface area (Å²) in [6.07, 6.45) is 5.86. The van der Waals surface area contributed by atoms with E-state index in [9.17, 15) is 4.79 Å². The van der Waals surface area contributed by atoms with Gasteiger partial charge in [0.15, 0.2) is 0 Å². The first-order chi connectivity index (χ1) is 12.2. The summed E-state index contributed by atoms with van der Waals surface area (Å²) in [7, 11) is 1.42. The van der Waals surface area contributed by atoms with Crippen molar-refractivity contribution in [3.8, 4) is 0 Å². The molecule has 0 N–H and O–H groups in total. The zero-order valence-corrected chi connectivity index (χ0v) is 15.8. The van der Waals surface area contributed by atoms with E-state index in [4.69, 9.17) is 25.8 Å². The average molecular weight is 370 g/mol. The highest BCUT2D eigenvalue weighted by Crippen LogP contribution is 2.21. The van der Waals surface area contributed by atoms with Crippen molar-refractivity contribution in [2.45, 2.75) is 50.7 Å². The van der Waals surface area contributed by atoms with Crippen molar-refractivity contribution in [1.29, 1.82) is 0 Å². The molecule has 1 saturated heterocycles. The fraction of sp³-hybridized carbons (Fsp3) is 0.632. The van der Waals surface area contributed by atoms with E-state index >= 15 is 0 Å². The maximum absolute atomic E-state index is 12.6.